The van der Waals surface area contributed by atoms with Gasteiger partial charge in [0.1, 0.15) is 5.54 Å². The Bertz CT molecular complexity index is 346. The van der Waals surface area contributed by atoms with E-state index in [-0.39, 0.29) is 18.0 Å². The number of rotatable bonds is 3. The minimum absolute atomic E-state index is 0.0416. The number of nitrogens with zero attached hydrogens (tertiary/aromatic N) is 1. The first kappa shape index (κ1) is 13.3. The Hall–Kier alpha value is -1.10. The number of hydrogen-bond acceptors (Lipinski definition) is 3. The van der Waals surface area contributed by atoms with Crippen molar-refractivity contribution in [1.82, 2.24) is 10.2 Å². The van der Waals surface area contributed by atoms with Crippen molar-refractivity contribution in [2.24, 2.45) is 11.7 Å². The van der Waals surface area contributed by atoms with Crippen LogP contribution < -0.4 is 11.1 Å². The van der Waals surface area contributed by atoms with Crippen molar-refractivity contribution in [3.05, 3.63) is 0 Å². The number of hydrogen-bond donors (Lipinski definition) is 2. The van der Waals surface area contributed by atoms with Crippen LogP contribution in [0.4, 0.5) is 4.79 Å². The van der Waals surface area contributed by atoms with E-state index in [0.29, 0.717) is 25.3 Å². The molecule has 0 aromatic heterocycles. The summed E-state index contributed by atoms with van der Waals surface area (Å²) in [6, 6.07) is -0.0545. The zero-order valence-corrected chi connectivity index (χ0v) is 11.2. The van der Waals surface area contributed by atoms with E-state index in [2.05, 4.69) is 19.2 Å². The van der Waals surface area contributed by atoms with Crippen LogP contribution in [0.1, 0.15) is 46.0 Å². The molecule has 2 rings (SSSR count). The summed E-state index contributed by atoms with van der Waals surface area (Å²) >= 11 is 0. The molecule has 5 heteroatoms. The Morgan fingerprint density at radius 1 is 1.39 bits per heavy atom. The van der Waals surface area contributed by atoms with Gasteiger partial charge in [0.25, 0.3) is 5.91 Å². The summed E-state index contributed by atoms with van der Waals surface area (Å²) in [6.07, 6.45) is 3.83. The van der Waals surface area contributed by atoms with Crippen LogP contribution in [0.5, 0.6) is 0 Å². The average molecular weight is 253 g/mol. The first-order valence-corrected chi connectivity index (χ1v) is 6.84. The quantitative estimate of drug-likeness (QED) is 0.743. The van der Waals surface area contributed by atoms with Crippen molar-refractivity contribution in [1.29, 1.82) is 0 Å². The van der Waals surface area contributed by atoms with Gasteiger partial charge in [-0.05, 0) is 38.0 Å². The van der Waals surface area contributed by atoms with E-state index in [0.717, 1.165) is 19.3 Å². The lowest BCUT2D eigenvalue weighted by Crippen LogP contribution is -2.51. The molecule has 1 aliphatic heterocycles. The second kappa shape index (κ2) is 4.88. The van der Waals surface area contributed by atoms with Gasteiger partial charge in [-0.25, -0.2) is 4.79 Å². The third-order valence-electron chi connectivity index (χ3n) is 4.06. The van der Waals surface area contributed by atoms with E-state index >= 15 is 0 Å². The van der Waals surface area contributed by atoms with Crippen LogP contribution in [0.15, 0.2) is 0 Å². The van der Waals surface area contributed by atoms with Crippen molar-refractivity contribution in [2.75, 3.05) is 6.54 Å². The summed E-state index contributed by atoms with van der Waals surface area (Å²) < 4.78 is 0. The summed E-state index contributed by atoms with van der Waals surface area (Å²) in [6.45, 7) is 4.71. The van der Waals surface area contributed by atoms with Crippen LogP contribution in [-0.2, 0) is 4.79 Å². The Morgan fingerprint density at radius 3 is 2.56 bits per heavy atom. The predicted molar refractivity (Wildman–Crippen MR) is 68.9 cm³/mol. The molecule has 3 N–H and O–H groups in total. The third kappa shape index (κ3) is 2.36. The molecular formula is C13H23N3O2. The smallest absolute Gasteiger partial charge is 0.325 e. The van der Waals surface area contributed by atoms with Gasteiger partial charge in [-0.2, -0.15) is 0 Å². The van der Waals surface area contributed by atoms with Crippen LogP contribution in [0.3, 0.4) is 0 Å². The molecule has 0 bridgehead atoms. The van der Waals surface area contributed by atoms with Crippen LogP contribution >= 0.6 is 0 Å². The molecule has 2 fully saturated rings. The lowest BCUT2D eigenvalue weighted by atomic mass is 9.79. The number of urea groups is 1. The van der Waals surface area contributed by atoms with Crippen molar-refractivity contribution in [2.45, 2.75) is 57.5 Å². The zero-order valence-electron chi connectivity index (χ0n) is 11.2. The standard InChI is InChI=1S/C13H23N3O2/c1-9(2)5-8-16-11(17)13(15-12(16)18)6-3-10(14)4-7-13/h9-10H,3-8,14H2,1-2H3,(H,15,18). The minimum atomic E-state index is -0.649. The number of nitrogens with one attached hydrogen (secondary N) is 1. The molecule has 18 heavy (non-hydrogen) atoms. The van der Waals surface area contributed by atoms with Gasteiger partial charge in [0, 0.05) is 12.6 Å². The number of carbonyl (C=O) groups excluding carboxylic acids is 2. The highest BCUT2D eigenvalue weighted by Gasteiger charge is 2.51. The molecule has 1 heterocycles. The average Bonchev–Trinajstić information content (AvgIpc) is 2.53. The van der Waals surface area contributed by atoms with E-state index in [1.165, 1.54) is 4.90 Å². The molecule has 0 aromatic rings. The predicted octanol–water partition coefficient (Wildman–Crippen LogP) is 1.22. The van der Waals surface area contributed by atoms with Gasteiger partial charge in [-0.1, -0.05) is 13.8 Å². The number of carbonyl (C=O) groups is 2. The second-order valence-electron chi connectivity index (χ2n) is 5.99. The molecule has 1 aliphatic carbocycles. The highest BCUT2D eigenvalue weighted by Crippen LogP contribution is 2.33. The molecule has 2 aliphatic rings. The third-order valence-corrected chi connectivity index (χ3v) is 4.06. The highest BCUT2D eigenvalue weighted by atomic mass is 16.2. The maximum atomic E-state index is 12.4. The Morgan fingerprint density at radius 2 is 2.00 bits per heavy atom. The van der Waals surface area contributed by atoms with E-state index in [9.17, 15) is 9.59 Å². The summed E-state index contributed by atoms with van der Waals surface area (Å²) in [5.74, 6) is 0.446. The molecule has 102 valence electrons. The normalized spacial score (nSPS) is 32.4. The summed E-state index contributed by atoms with van der Waals surface area (Å²) in [4.78, 5) is 25.7. The van der Waals surface area contributed by atoms with Gasteiger partial charge in [-0.15, -0.1) is 0 Å². The fraction of sp³-hybridized carbons (Fsp3) is 0.846. The molecule has 1 spiro atoms. The topological polar surface area (TPSA) is 75.4 Å². The lowest BCUT2D eigenvalue weighted by Gasteiger charge is -2.33. The second-order valence-corrected chi connectivity index (χ2v) is 5.99. The van der Waals surface area contributed by atoms with E-state index < -0.39 is 5.54 Å². The summed E-state index contributed by atoms with van der Waals surface area (Å²) in [5, 5.41) is 2.90. The van der Waals surface area contributed by atoms with E-state index in [4.69, 9.17) is 5.73 Å². The Kier molecular flexibility index (Phi) is 3.61. The number of nitrogens with two attached hydrogens (primary N) is 1. The lowest BCUT2D eigenvalue weighted by molar-refractivity contribution is -0.132. The highest BCUT2D eigenvalue weighted by molar-refractivity contribution is 6.07. The van der Waals surface area contributed by atoms with Crippen molar-refractivity contribution >= 4 is 11.9 Å². The van der Waals surface area contributed by atoms with E-state index in [1.54, 1.807) is 0 Å². The fourth-order valence-corrected chi connectivity index (χ4v) is 2.74. The fourth-order valence-electron chi connectivity index (χ4n) is 2.74. The van der Waals surface area contributed by atoms with Gasteiger partial charge in [-0.3, -0.25) is 9.69 Å². The first-order valence-electron chi connectivity index (χ1n) is 6.84. The summed E-state index contributed by atoms with van der Waals surface area (Å²) in [7, 11) is 0. The molecule has 0 atom stereocenters. The first-order chi connectivity index (χ1) is 8.44. The molecule has 0 aromatic carbocycles. The maximum Gasteiger partial charge on any atom is 0.325 e. The van der Waals surface area contributed by atoms with Gasteiger partial charge in [0.05, 0.1) is 0 Å². The maximum absolute atomic E-state index is 12.4. The van der Waals surface area contributed by atoms with Crippen LogP contribution in [0, 0.1) is 5.92 Å². The van der Waals surface area contributed by atoms with E-state index in [1.807, 2.05) is 0 Å². The Balaban J connectivity index is 2.04. The molecular weight excluding hydrogens is 230 g/mol. The molecule has 0 unspecified atom stereocenters. The van der Waals surface area contributed by atoms with Gasteiger partial charge in [0.2, 0.25) is 0 Å². The molecule has 1 saturated heterocycles. The Labute approximate surface area is 108 Å². The number of amides is 3. The summed E-state index contributed by atoms with van der Waals surface area (Å²) in [5.41, 5.74) is 5.21. The molecule has 3 amide bonds. The van der Waals surface area contributed by atoms with Crippen LogP contribution in [-0.4, -0.2) is 35.0 Å². The SMILES string of the molecule is CC(C)CCN1C(=O)NC2(CCC(N)CC2)C1=O. The molecule has 0 radical (unpaired) electrons. The molecule has 5 nitrogen and oxygen atoms in total. The van der Waals surface area contributed by atoms with Crippen molar-refractivity contribution in [3.8, 4) is 0 Å². The largest absolute Gasteiger partial charge is 0.328 e. The molecule has 1 saturated carbocycles. The minimum Gasteiger partial charge on any atom is -0.328 e. The van der Waals surface area contributed by atoms with Crippen LogP contribution in [0.25, 0.3) is 0 Å². The van der Waals surface area contributed by atoms with Gasteiger partial charge in [0.15, 0.2) is 0 Å². The van der Waals surface area contributed by atoms with Crippen molar-refractivity contribution < 1.29 is 9.59 Å². The number of imide groups is 1. The van der Waals surface area contributed by atoms with Crippen LogP contribution in [0.2, 0.25) is 0 Å². The zero-order chi connectivity index (χ0) is 13.3. The van der Waals surface area contributed by atoms with Crippen molar-refractivity contribution in [3.63, 3.8) is 0 Å². The van der Waals surface area contributed by atoms with Gasteiger partial charge < -0.3 is 11.1 Å². The van der Waals surface area contributed by atoms with Gasteiger partial charge >= 0.3 is 6.03 Å². The monoisotopic (exact) mass is 253 g/mol.